The van der Waals surface area contributed by atoms with Gasteiger partial charge in [0.25, 0.3) is 0 Å². The molecule has 1 fully saturated rings. The first kappa shape index (κ1) is 14.3. The molecule has 0 amide bonds. The SMILES string of the molecule is COc1nc(Cl)nc(NCC2CCCCC2CO)n1. The van der Waals surface area contributed by atoms with Crippen LogP contribution in [0.4, 0.5) is 5.95 Å². The molecule has 7 heteroatoms. The number of halogens is 1. The average molecular weight is 287 g/mol. The van der Waals surface area contributed by atoms with Gasteiger partial charge in [0, 0.05) is 13.2 Å². The fraction of sp³-hybridized carbons (Fsp3) is 0.750. The van der Waals surface area contributed by atoms with Crippen molar-refractivity contribution in [3.05, 3.63) is 5.28 Å². The third-order valence-corrected chi connectivity index (χ3v) is 3.76. The van der Waals surface area contributed by atoms with Crippen molar-refractivity contribution in [2.45, 2.75) is 25.7 Å². The highest BCUT2D eigenvalue weighted by Gasteiger charge is 2.24. The van der Waals surface area contributed by atoms with Crippen molar-refractivity contribution in [1.82, 2.24) is 15.0 Å². The molecule has 0 aliphatic heterocycles. The van der Waals surface area contributed by atoms with Crippen LogP contribution in [0.1, 0.15) is 25.7 Å². The van der Waals surface area contributed by atoms with Gasteiger partial charge in [-0.25, -0.2) is 0 Å². The lowest BCUT2D eigenvalue weighted by atomic mass is 9.80. The summed E-state index contributed by atoms with van der Waals surface area (Å²) in [6.07, 6.45) is 4.62. The van der Waals surface area contributed by atoms with E-state index in [2.05, 4.69) is 20.3 Å². The van der Waals surface area contributed by atoms with Crippen LogP contribution in [0.2, 0.25) is 5.28 Å². The number of methoxy groups -OCH3 is 1. The van der Waals surface area contributed by atoms with Gasteiger partial charge in [-0.05, 0) is 36.3 Å². The number of aliphatic hydroxyl groups excluding tert-OH is 1. The van der Waals surface area contributed by atoms with Gasteiger partial charge in [-0.2, -0.15) is 15.0 Å². The third-order valence-electron chi connectivity index (χ3n) is 3.59. The number of ether oxygens (including phenoxy) is 1. The first-order chi connectivity index (χ1) is 9.22. The Hall–Kier alpha value is -1.14. The molecule has 1 saturated carbocycles. The van der Waals surface area contributed by atoms with E-state index in [0.717, 1.165) is 19.4 Å². The van der Waals surface area contributed by atoms with Crippen LogP contribution in [0.5, 0.6) is 6.01 Å². The molecule has 106 valence electrons. The van der Waals surface area contributed by atoms with Gasteiger partial charge in [-0.15, -0.1) is 0 Å². The number of hydrogen-bond acceptors (Lipinski definition) is 6. The number of hydrogen-bond donors (Lipinski definition) is 2. The number of anilines is 1. The van der Waals surface area contributed by atoms with E-state index >= 15 is 0 Å². The lowest BCUT2D eigenvalue weighted by Gasteiger charge is -2.30. The van der Waals surface area contributed by atoms with Crippen LogP contribution in [0.3, 0.4) is 0 Å². The normalized spacial score (nSPS) is 23.1. The molecule has 2 N–H and O–H groups in total. The molecule has 0 radical (unpaired) electrons. The Morgan fingerprint density at radius 3 is 2.68 bits per heavy atom. The summed E-state index contributed by atoms with van der Waals surface area (Å²) in [5.41, 5.74) is 0. The number of nitrogens with zero attached hydrogens (tertiary/aromatic N) is 3. The molecule has 2 rings (SSSR count). The van der Waals surface area contributed by atoms with Crippen molar-refractivity contribution in [1.29, 1.82) is 0 Å². The van der Waals surface area contributed by atoms with Crippen LogP contribution in [0.25, 0.3) is 0 Å². The monoisotopic (exact) mass is 286 g/mol. The second-order valence-corrected chi connectivity index (χ2v) is 5.12. The average Bonchev–Trinajstić information content (AvgIpc) is 2.44. The Morgan fingerprint density at radius 1 is 1.26 bits per heavy atom. The van der Waals surface area contributed by atoms with E-state index in [0.29, 0.717) is 17.8 Å². The van der Waals surface area contributed by atoms with Gasteiger partial charge in [0.2, 0.25) is 11.2 Å². The summed E-state index contributed by atoms with van der Waals surface area (Å²) < 4.78 is 4.94. The number of nitrogens with one attached hydrogen (secondary N) is 1. The number of aromatic nitrogens is 3. The molecule has 0 bridgehead atoms. The lowest BCUT2D eigenvalue weighted by molar-refractivity contribution is 0.141. The Bertz CT molecular complexity index is 419. The number of aliphatic hydroxyl groups is 1. The van der Waals surface area contributed by atoms with Crippen LogP contribution in [-0.2, 0) is 0 Å². The highest BCUT2D eigenvalue weighted by molar-refractivity contribution is 6.28. The van der Waals surface area contributed by atoms with Crippen LogP contribution < -0.4 is 10.1 Å². The van der Waals surface area contributed by atoms with E-state index in [1.807, 2.05) is 0 Å². The molecule has 1 aromatic rings. The predicted molar refractivity (Wildman–Crippen MR) is 72.4 cm³/mol. The molecule has 0 aromatic carbocycles. The van der Waals surface area contributed by atoms with E-state index in [1.165, 1.54) is 20.0 Å². The quantitative estimate of drug-likeness (QED) is 0.858. The minimum atomic E-state index is 0.108. The molecular formula is C12H19ClN4O2. The van der Waals surface area contributed by atoms with Gasteiger partial charge in [-0.1, -0.05) is 12.8 Å². The molecule has 1 heterocycles. The van der Waals surface area contributed by atoms with Crippen LogP contribution in [-0.4, -0.2) is 40.3 Å². The zero-order chi connectivity index (χ0) is 13.7. The molecule has 1 aliphatic carbocycles. The van der Waals surface area contributed by atoms with Gasteiger partial charge in [0.15, 0.2) is 0 Å². The molecule has 0 saturated heterocycles. The van der Waals surface area contributed by atoms with E-state index in [9.17, 15) is 5.11 Å². The van der Waals surface area contributed by atoms with Crippen LogP contribution in [0.15, 0.2) is 0 Å². The summed E-state index contributed by atoms with van der Waals surface area (Å²) in [5.74, 6) is 1.22. The Kier molecular flexibility index (Phi) is 5.15. The van der Waals surface area contributed by atoms with Crippen molar-refractivity contribution in [2.24, 2.45) is 11.8 Å². The van der Waals surface area contributed by atoms with Crippen molar-refractivity contribution >= 4 is 17.5 Å². The zero-order valence-corrected chi connectivity index (χ0v) is 11.7. The van der Waals surface area contributed by atoms with Crippen LogP contribution in [0, 0.1) is 11.8 Å². The van der Waals surface area contributed by atoms with Crippen molar-refractivity contribution in [3.63, 3.8) is 0 Å². The van der Waals surface area contributed by atoms with Gasteiger partial charge < -0.3 is 15.2 Å². The molecule has 0 spiro atoms. The standard InChI is InChI=1S/C12H19ClN4O2/c1-19-12-16-10(13)15-11(17-12)14-6-8-4-2-3-5-9(8)7-18/h8-9,18H,2-7H2,1H3,(H,14,15,16,17). The van der Waals surface area contributed by atoms with E-state index in [4.69, 9.17) is 16.3 Å². The second-order valence-electron chi connectivity index (χ2n) is 4.78. The van der Waals surface area contributed by atoms with Gasteiger partial charge in [0.05, 0.1) is 7.11 Å². The van der Waals surface area contributed by atoms with Crippen molar-refractivity contribution in [2.75, 3.05) is 25.6 Å². The van der Waals surface area contributed by atoms with Crippen molar-refractivity contribution in [3.8, 4) is 6.01 Å². The molecular weight excluding hydrogens is 268 g/mol. The van der Waals surface area contributed by atoms with E-state index in [-0.39, 0.29) is 17.9 Å². The Morgan fingerprint density at radius 2 is 2.00 bits per heavy atom. The van der Waals surface area contributed by atoms with E-state index < -0.39 is 0 Å². The summed E-state index contributed by atoms with van der Waals surface area (Å²) in [4.78, 5) is 11.9. The Balaban J connectivity index is 1.95. The maximum absolute atomic E-state index is 9.37. The van der Waals surface area contributed by atoms with Gasteiger partial charge in [0.1, 0.15) is 0 Å². The predicted octanol–water partition coefficient (Wildman–Crippen LogP) is 1.74. The number of rotatable bonds is 5. The fourth-order valence-electron chi connectivity index (χ4n) is 2.52. The smallest absolute Gasteiger partial charge is 0.322 e. The van der Waals surface area contributed by atoms with Crippen molar-refractivity contribution < 1.29 is 9.84 Å². The van der Waals surface area contributed by atoms with Crippen LogP contribution >= 0.6 is 11.6 Å². The summed E-state index contributed by atoms with van der Waals surface area (Å²) >= 11 is 5.78. The first-order valence-corrected chi connectivity index (χ1v) is 6.91. The third kappa shape index (κ3) is 3.91. The minimum Gasteiger partial charge on any atom is -0.467 e. The van der Waals surface area contributed by atoms with Gasteiger partial charge >= 0.3 is 6.01 Å². The molecule has 1 aliphatic rings. The van der Waals surface area contributed by atoms with Gasteiger partial charge in [-0.3, -0.25) is 0 Å². The summed E-state index contributed by atoms with van der Waals surface area (Å²) in [6, 6.07) is 0.199. The molecule has 1 aromatic heterocycles. The molecule has 19 heavy (non-hydrogen) atoms. The molecule has 2 unspecified atom stereocenters. The first-order valence-electron chi connectivity index (χ1n) is 6.53. The lowest BCUT2D eigenvalue weighted by Crippen LogP contribution is -2.29. The summed E-state index contributed by atoms with van der Waals surface area (Å²) in [7, 11) is 1.48. The highest BCUT2D eigenvalue weighted by atomic mass is 35.5. The largest absolute Gasteiger partial charge is 0.467 e. The van der Waals surface area contributed by atoms with E-state index in [1.54, 1.807) is 0 Å². The second kappa shape index (κ2) is 6.86. The summed E-state index contributed by atoms with van der Waals surface area (Å²) in [5, 5.41) is 12.6. The fourth-order valence-corrected chi connectivity index (χ4v) is 2.67. The Labute approximate surface area is 117 Å². The molecule has 2 atom stereocenters. The summed E-state index contributed by atoms with van der Waals surface area (Å²) in [6.45, 7) is 0.975. The zero-order valence-electron chi connectivity index (χ0n) is 11.0. The highest BCUT2D eigenvalue weighted by Crippen LogP contribution is 2.29. The maximum Gasteiger partial charge on any atom is 0.322 e. The molecule has 6 nitrogen and oxygen atoms in total. The maximum atomic E-state index is 9.37. The minimum absolute atomic E-state index is 0.108. The topological polar surface area (TPSA) is 80.2 Å².